The largest absolute Gasteiger partial charge is 0.399 e. The number of aliphatic imine (C=N–C) groups is 2. The van der Waals surface area contributed by atoms with Crippen molar-refractivity contribution in [2.45, 2.75) is 0 Å². The highest BCUT2D eigenvalue weighted by Crippen LogP contribution is 2.12. The number of hydrogen-bond donors (Lipinski definition) is 2. The minimum absolute atomic E-state index is 0.554. The quantitative estimate of drug-likeness (QED) is 0.680. The molecule has 1 heterocycles. The van der Waals surface area contributed by atoms with Crippen LogP contribution >= 0.6 is 0 Å². The lowest BCUT2D eigenvalue weighted by Gasteiger charge is -2.20. The predicted octanol–water partition coefficient (Wildman–Crippen LogP) is 0.925. The summed E-state index contributed by atoms with van der Waals surface area (Å²) in [6.45, 7) is 0.554. The van der Waals surface area contributed by atoms with Gasteiger partial charge in [-0.2, -0.15) is 0 Å². The molecule has 0 radical (unpaired) electrons. The second-order valence-electron chi connectivity index (χ2n) is 2.91. The molecule has 0 spiro atoms. The van der Waals surface area contributed by atoms with E-state index in [4.69, 9.17) is 5.73 Å². The highest BCUT2D eigenvalue weighted by atomic mass is 15.5. The molecule has 1 aromatic carbocycles. The van der Waals surface area contributed by atoms with E-state index >= 15 is 0 Å². The molecule has 0 saturated carbocycles. The van der Waals surface area contributed by atoms with Gasteiger partial charge in [-0.15, -0.1) is 0 Å². The molecule has 0 aromatic heterocycles. The van der Waals surface area contributed by atoms with Crippen LogP contribution < -0.4 is 11.2 Å². The molecule has 0 aliphatic carbocycles. The maximum Gasteiger partial charge on any atom is 0.132 e. The summed E-state index contributed by atoms with van der Waals surface area (Å²) in [4.78, 5) is 7.88. The standard InChI is InChI=1S/C9H11N5/c10-8-2-1-3-9(4-8)13-14-6-11-5-12-7-14/h1-6,13H,7,10H2. The summed E-state index contributed by atoms with van der Waals surface area (Å²) in [6.07, 6.45) is 3.20. The smallest absolute Gasteiger partial charge is 0.132 e. The van der Waals surface area contributed by atoms with E-state index in [1.807, 2.05) is 24.3 Å². The summed E-state index contributed by atoms with van der Waals surface area (Å²) in [5.41, 5.74) is 10.4. The van der Waals surface area contributed by atoms with Gasteiger partial charge in [0.15, 0.2) is 0 Å². The van der Waals surface area contributed by atoms with Crippen molar-refractivity contribution in [3.05, 3.63) is 24.3 Å². The molecule has 72 valence electrons. The average molecular weight is 189 g/mol. The fourth-order valence-corrected chi connectivity index (χ4v) is 1.16. The molecule has 0 bridgehead atoms. The third-order valence-electron chi connectivity index (χ3n) is 1.75. The van der Waals surface area contributed by atoms with E-state index in [-0.39, 0.29) is 0 Å². The van der Waals surface area contributed by atoms with Crippen LogP contribution in [0, 0.1) is 0 Å². The first kappa shape index (κ1) is 8.55. The number of benzene rings is 1. The van der Waals surface area contributed by atoms with Gasteiger partial charge in [0.25, 0.3) is 0 Å². The Morgan fingerprint density at radius 3 is 3.07 bits per heavy atom. The van der Waals surface area contributed by atoms with E-state index < -0.39 is 0 Å². The monoisotopic (exact) mass is 189 g/mol. The molecular formula is C9H11N5. The highest BCUT2D eigenvalue weighted by Gasteiger charge is 2.00. The molecule has 0 saturated heterocycles. The second kappa shape index (κ2) is 3.78. The number of hydrazine groups is 1. The Labute approximate surface area is 81.9 Å². The molecule has 5 nitrogen and oxygen atoms in total. The predicted molar refractivity (Wildman–Crippen MR) is 58.2 cm³/mol. The Morgan fingerprint density at radius 2 is 2.36 bits per heavy atom. The minimum atomic E-state index is 0.554. The van der Waals surface area contributed by atoms with Crippen molar-refractivity contribution in [1.82, 2.24) is 5.01 Å². The number of anilines is 2. The first-order chi connectivity index (χ1) is 6.84. The van der Waals surface area contributed by atoms with Crippen LogP contribution in [0.1, 0.15) is 0 Å². The lowest BCUT2D eigenvalue weighted by atomic mass is 10.3. The summed E-state index contributed by atoms with van der Waals surface area (Å²) in [6, 6.07) is 7.52. The molecular weight excluding hydrogens is 178 g/mol. The Kier molecular flexibility index (Phi) is 2.31. The van der Waals surface area contributed by atoms with Gasteiger partial charge < -0.3 is 5.73 Å². The van der Waals surface area contributed by atoms with Gasteiger partial charge in [-0.3, -0.25) is 15.4 Å². The van der Waals surface area contributed by atoms with E-state index in [1.165, 1.54) is 6.34 Å². The third kappa shape index (κ3) is 2.01. The summed E-state index contributed by atoms with van der Waals surface area (Å²) in [5, 5.41) is 1.77. The van der Waals surface area contributed by atoms with Crippen molar-refractivity contribution in [2.75, 3.05) is 17.8 Å². The minimum Gasteiger partial charge on any atom is -0.399 e. The van der Waals surface area contributed by atoms with Gasteiger partial charge in [0, 0.05) is 5.69 Å². The zero-order valence-electron chi connectivity index (χ0n) is 7.59. The van der Waals surface area contributed by atoms with Crippen molar-refractivity contribution in [1.29, 1.82) is 0 Å². The van der Waals surface area contributed by atoms with Gasteiger partial charge in [-0.05, 0) is 18.2 Å². The van der Waals surface area contributed by atoms with E-state index in [1.54, 1.807) is 11.3 Å². The van der Waals surface area contributed by atoms with E-state index in [2.05, 4.69) is 15.4 Å². The Balaban J connectivity index is 2.04. The first-order valence-electron chi connectivity index (χ1n) is 4.25. The third-order valence-corrected chi connectivity index (χ3v) is 1.75. The topological polar surface area (TPSA) is 66.0 Å². The highest BCUT2D eigenvalue weighted by molar-refractivity contribution is 5.74. The SMILES string of the molecule is Nc1cccc(NN2C=NC=NC2)c1. The molecule has 1 aliphatic rings. The summed E-state index contributed by atoms with van der Waals surface area (Å²) >= 11 is 0. The maximum absolute atomic E-state index is 5.64. The summed E-state index contributed by atoms with van der Waals surface area (Å²) in [5.74, 6) is 0. The van der Waals surface area contributed by atoms with Gasteiger partial charge in [0.05, 0.1) is 5.69 Å². The molecule has 3 N–H and O–H groups in total. The number of nitrogen functional groups attached to an aromatic ring is 1. The number of nitrogens with zero attached hydrogens (tertiary/aromatic N) is 3. The van der Waals surface area contributed by atoms with Gasteiger partial charge in [0.1, 0.15) is 19.3 Å². The molecule has 0 atom stereocenters. The van der Waals surface area contributed by atoms with Crippen molar-refractivity contribution < 1.29 is 0 Å². The molecule has 2 rings (SSSR count). The Hall–Kier alpha value is -2.04. The van der Waals surface area contributed by atoms with Crippen LogP contribution in [0.3, 0.4) is 0 Å². The fourth-order valence-electron chi connectivity index (χ4n) is 1.16. The van der Waals surface area contributed by atoms with E-state index in [9.17, 15) is 0 Å². The number of nitrogens with one attached hydrogen (secondary N) is 1. The van der Waals surface area contributed by atoms with Crippen LogP contribution in [0.25, 0.3) is 0 Å². The average Bonchev–Trinajstić information content (AvgIpc) is 2.19. The van der Waals surface area contributed by atoms with Gasteiger partial charge in [-0.1, -0.05) is 6.07 Å². The van der Waals surface area contributed by atoms with Crippen LogP contribution in [0.2, 0.25) is 0 Å². The lowest BCUT2D eigenvalue weighted by molar-refractivity contribution is 0.524. The lowest BCUT2D eigenvalue weighted by Crippen LogP contribution is -2.30. The molecule has 1 aliphatic heterocycles. The second-order valence-corrected chi connectivity index (χ2v) is 2.91. The fraction of sp³-hybridized carbons (Fsp3) is 0.111. The van der Waals surface area contributed by atoms with E-state index in [0.717, 1.165) is 11.4 Å². The summed E-state index contributed by atoms with van der Waals surface area (Å²) in [7, 11) is 0. The van der Waals surface area contributed by atoms with Crippen molar-refractivity contribution in [3.8, 4) is 0 Å². The zero-order chi connectivity index (χ0) is 9.80. The van der Waals surface area contributed by atoms with Crippen molar-refractivity contribution in [2.24, 2.45) is 9.98 Å². The van der Waals surface area contributed by atoms with Crippen LogP contribution in [0.5, 0.6) is 0 Å². The molecule has 5 heteroatoms. The molecule has 0 unspecified atom stereocenters. The van der Waals surface area contributed by atoms with Gasteiger partial charge in [-0.25, -0.2) is 4.99 Å². The van der Waals surface area contributed by atoms with Gasteiger partial charge >= 0.3 is 0 Å². The normalized spacial score (nSPS) is 14.4. The van der Waals surface area contributed by atoms with Crippen molar-refractivity contribution in [3.63, 3.8) is 0 Å². The van der Waals surface area contributed by atoms with Crippen LogP contribution in [0.4, 0.5) is 11.4 Å². The Bertz CT molecular complexity index is 371. The van der Waals surface area contributed by atoms with E-state index in [0.29, 0.717) is 6.67 Å². The number of nitrogens with two attached hydrogens (primary N) is 1. The maximum atomic E-state index is 5.64. The molecule has 0 amide bonds. The zero-order valence-corrected chi connectivity index (χ0v) is 7.59. The van der Waals surface area contributed by atoms with Crippen molar-refractivity contribution >= 4 is 24.1 Å². The number of rotatable bonds is 2. The molecule has 14 heavy (non-hydrogen) atoms. The summed E-state index contributed by atoms with van der Waals surface area (Å²) < 4.78 is 0. The number of hydrogen-bond acceptors (Lipinski definition) is 5. The van der Waals surface area contributed by atoms with Crippen LogP contribution in [0.15, 0.2) is 34.3 Å². The van der Waals surface area contributed by atoms with Gasteiger partial charge in [0.2, 0.25) is 0 Å². The molecule has 1 aromatic rings. The van der Waals surface area contributed by atoms with Crippen LogP contribution in [-0.4, -0.2) is 24.4 Å². The van der Waals surface area contributed by atoms with Crippen LogP contribution in [-0.2, 0) is 0 Å². The Morgan fingerprint density at radius 1 is 1.43 bits per heavy atom. The molecule has 0 fully saturated rings. The first-order valence-corrected chi connectivity index (χ1v) is 4.25.